The van der Waals surface area contributed by atoms with Crippen molar-refractivity contribution in [3.05, 3.63) is 179 Å². The van der Waals surface area contributed by atoms with Crippen molar-refractivity contribution in [1.82, 2.24) is 31.9 Å². The van der Waals surface area contributed by atoms with E-state index in [0.717, 1.165) is 16.7 Å². The van der Waals surface area contributed by atoms with Gasteiger partial charge in [-0.25, -0.2) is 9.59 Å². The number of alkyl carbamates (subject to hydrolysis) is 1. The largest absolute Gasteiger partial charge is 0.460 e. The number of benzene rings is 5. The molecule has 5 rings (SSSR count). The highest BCUT2D eigenvalue weighted by molar-refractivity contribution is 5.98. The van der Waals surface area contributed by atoms with E-state index in [1.807, 2.05) is 91.0 Å². The normalized spacial score (nSPS) is 13.5. The molecule has 5 aromatic carbocycles. The third kappa shape index (κ3) is 23.3. The van der Waals surface area contributed by atoms with Crippen molar-refractivity contribution in [2.45, 2.75) is 147 Å². The Hall–Kier alpha value is -8.38. The van der Waals surface area contributed by atoms with Crippen molar-refractivity contribution in [2.24, 2.45) is 5.73 Å². The molecular weight excluding hydrogens is 1020 g/mol. The van der Waals surface area contributed by atoms with Gasteiger partial charge in [0.05, 0.1) is 12.5 Å². The van der Waals surface area contributed by atoms with Gasteiger partial charge in [0.2, 0.25) is 29.5 Å². The highest BCUT2D eigenvalue weighted by Crippen LogP contribution is 2.15. The lowest BCUT2D eigenvalue weighted by atomic mass is 10.0. The number of carbonyl (C=O) groups is 8. The number of unbranched alkanes of at least 4 members (excludes halogenated alkanes) is 1. The van der Waals surface area contributed by atoms with Gasteiger partial charge in [-0.1, -0.05) is 152 Å². The van der Waals surface area contributed by atoms with E-state index in [0.29, 0.717) is 24.0 Å². The van der Waals surface area contributed by atoms with Gasteiger partial charge in [-0.2, -0.15) is 0 Å². The number of carbonyl (C=O) groups excluding carboxylic acids is 8. The van der Waals surface area contributed by atoms with Crippen molar-refractivity contribution < 1.29 is 52.6 Å². The van der Waals surface area contributed by atoms with Crippen LogP contribution in [0.4, 0.5) is 4.79 Å². The Bertz CT molecular complexity index is 2770. The van der Waals surface area contributed by atoms with Crippen LogP contribution in [0.3, 0.4) is 0 Å². The molecule has 0 aliphatic heterocycles. The van der Waals surface area contributed by atoms with Crippen molar-refractivity contribution in [2.75, 3.05) is 6.54 Å². The molecule has 0 spiro atoms. The average molecular weight is 1100 g/mol. The molecule has 6 amide bonds. The van der Waals surface area contributed by atoms with Gasteiger partial charge in [-0.3, -0.25) is 28.8 Å². The first-order valence-electron chi connectivity index (χ1n) is 26.9. The first-order valence-corrected chi connectivity index (χ1v) is 26.9. The molecule has 0 unspecified atom stereocenters. The molecule has 0 radical (unpaired) electrons. The Balaban J connectivity index is 1.42. The zero-order valence-electron chi connectivity index (χ0n) is 46.5. The van der Waals surface area contributed by atoms with E-state index in [4.69, 9.17) is 19.9 Å². The van der Waals surface area contributed by atoms with Gasteiger partial charge in [0.1, 0.15) is 48.0 Å². The summed E-state index contributed by atoms with van der Waals surface area (Å²) < 4.78 is 16.6. The van der Waals surface area contributed by atoms with E-state index in [-0.39, 0.29) is 45.3 Å². The lowest BCUT2D eigenvalue weighted by molar-refractivity contribution is -0.156. The zero-order valence-corrected chi connectivity index (χ0v) is 46.5. The minimum absolute atomic E-state index is 0.0211. The van der Waals surface area contributed by atoms with Gasteiger partial charge in [0.15, 0.2) is 0 Å². The number of amides is 6. The van der Waals surface area contributed by atoms with Gasteiger partial charge >= 0.3 is 18.0 Å². The minimum Gasteiger partial charge on any atom is -0.460 e. The topological polar surface area (TPSA) is 262 Å². The molecule has 0 aliphatic rings. The molecule has 0 heterocycles. The smallest absolute Gasteiger partial charge is 0.407 e. The molecule has 426 valence electrons. The van der Waals surface area contributed by atoms with Crippen molar-refractivity contribution in [3.8, 4) is 0 Å². The van der Waals surface area contributed by atoms with E-state index in [2.05, 4.69) is 31.9 Å². The van der Waals surface area contributed by atoms with Crippen LogP contribution in [0.5, 0.6) is 0 Å². The molecule has 6 atom stereocenters. The van der Waals surface area contributed by atoms with Gasteiger partial charge in [0.25, 0.3) is 0 Å². The molecule has 0 saturated carbocycles. The van der Waals surface area contributed by atoms with Crippen LogP contribution in [-0.2, 0) is 80.1 Å². The second-order valence-corrected chi connectivity index (χ2v) is 21.5. The van der Waals surface area contributed by atoms with Crippen LogP contribution >= 0.6 is 0 Å². The first kappa shape index (κ1) is 62.5. The molecule has 0 bridgehead atoms. The monoisotopic (exact) mass is 1100 g/mol. The summed E-state index contributed by atoms with van der Waals surface area (Å²) in [7, 11) is 0. The number of hydrogen-bond acceptors (Lipinski definition) is 12. The fourth-order valence-corrected chi connectivity index (χ4v) is 8.33. The summed E-state index contributed by atoms with van der Waals surface area (Å²) in [5, 5.41) is 16.5. The van der Waals surface area contributed by atoms with Crippen molar-refractivity contribution >= 4 is 47.6 Å². The van der Waals surface area contributed by atoms with Crippen LogP contribution in [0, 0.1) is 0 Å². The molecule has 18 nitrogen and oxygen atoms in total. The van der Waals surface area contributed by atoms with Gasteiger partial charge in [-0.05, 0) is 95.0 Å². The van der Waals surface area contributed by atoms with Crippen LogP contribution in [0.15, 0.2) is 152 Å². The summed E-state index contributed by atoms with van der Waals surface area (Å²) in [6, 6.07) is 37.0. The highest BCUT2D eigenvalue weighted by atomic mass is 16.6. The number of nitrogens with one attached hydrogen (secondary N) is 6. The average Bonchev–Trinajstić information content (AvgIpc) is 3.41. The Morgan fingerprint density at radius 1 is 0.425 bits per heavy atom. The lowest BCUT2D eigenvalue weighted by Gasteiger charge is -2.28. The molecule has 0 aromatic heterocycles. The predicted molar refractivity (Wildman–Crippen MR) is 303 cm³/mol. The highest BCUT2D eigenvalue weighted by Gasteiger charge is 2.35. The SMILES string of the molecule is CC(C)(C)OC(=O)C[C@H](NC(=O)[C@H](CCCCNC(=O)OC(C)(C)C)NC(=O)[C@@H](N)Cc1ccccc1)C(=O)N[C@@H](Cc1ccccc1)C(=O)N[C@@H](Cc1ccccc1)C(=O)N[C@@H](Cc1ccccc1)C(=O)OCc1ccccc1. The fraction of sp³-hybridized carbons (Fsp3) is 0.387. The van der Waals surface area contributed by atoms with Crippen molar-refractivity contribution in [1.29, 1.82) is 0 Å². The van der Waals surface area contributed by atoms with Crippen LogP contribution in [0.1, 0.15) is 95.0 Å². The number of rotatable bonds is 28. The summed E-state index contributed by atoms with van der Waals surface area (Å²) in [6.07, 6.45) is -0.550. The summed E-state index contributed by atoms with van der Waals surface area (Å²) in [5.74, 6) is -5.52. The second-order valence-electron chi connectivity index (χ2n) is 21.5. The Labute approximate surface area is 469 Å². The van der Waals surface area contributed by atoms with E-state index >= 15 is 0 Å². The molecule has 0 fully saturated rings. The summed E-state index contributed by atoms with van der Waals surface area (Å²) in [5.41, 5.74) is 8.19. The van der Waals surface area contributed by atoms with Crippen LogP contribution < -0.4 is 37.6 Å². The first-order chi connectivity index (χ1) is 38.1. The molecule has 5 aromatic rings. The maximum absolute atomic E-state index is 14.8. The fourth-order valence-electron chi connectivity index (χ4n) is 8.33. The maximum Gasteiger partial charge on any atom is 0.407 e. The molecule has 18 heteroatoms. The Kier molecular flexibility index (Phi) is 24.4. The van der Waals surface area contributed by atoms with Crippen LogP contribution in [0.2, 0.25) is 0 Å². The van der Waals surface area contributed by atoms with E-state index < -0.39 is 101 Å². The standard InChI is InChI=1S/C62H77N7O11/c1-61(2,3)79-53(70)40-51(68-55(72)48(34-22-23-35-64-60(77)80-62(4,5)6)65-54(71)47(63)36-42-24-12-7-13-25-42)58(75)67-49(37-43-26-14-8-15-27-43)56(73)66-50(38-44-28-16-9-17-29-44)57(74)69-52(39-45-30-18-10-19-31-45)59(76)78-41-46-32-20-11-21-33-46/h7-21,24-33,47-52H,22-23,34-41,63H2,1-6H3,(H,64,77)(H,65,71)(H,66,73)(H,67,75)(H,68,72)(H,69,74)/t47-,48-,49-,50-,51-,52-/m0/s1. The maximum atomic E-state index is 14.8. The van der Waals surface area contributed by atoms with E-state index in [1.165, 1.54) is 0 Å². The van der Waals surface area contributed by atoms with Gasteiger partial charge in [0, 0.05) is 25.8 Å². The Morgan fingerprint density at radius 2 is 0.787 bits per heavy atom. The zero-order chi connectivity index (χ0) is 58.1. The molecule has 8 N–H and O–H groups in total. The summed E-state index contributed by atoms with van der Waals surface area (Å²) >= 11 is 0. The molecular formula is C62H77N7O11. The quantitative estimate of drug-likeness (QED) is 0.0176. The number of nitrogens with two attached hydrogens (primary N) is 1. The predicted octanol–water partition coefficient (Wildman–Crippen LogP) is 5.88. The van der Waals surface area contributed by atoms with E-state index in [1.54, 1.807) is 102 Å². The summed E-state index contributed by atoms with van der Waals surface area (Å²) in [4.78, 5) is 112. The van der Waals surface area contributed by atoms with Gasteiger partial charge in [-0.15, -0.1) is 0 Å². The van der Waals surface area contributed by atoms with Crippen LogP contribution in [0.25, 0.3) is 0 Å². The Morgan fingerprint density at radius 3 is 1.24 bits per heavy atom. The lowest BCUT2D eigenvalue weighted by Crippen LogP contribution is -2.60. The van der Waals surface area contributed by atoms with Gasteiger partial charge < -0.3 is 51.8 Å². The third-order valence-corrected chi connectivity index (χ3v) is 12.2. The molecule has 80 heavy (non-hydrogen) atoms. The van der Waals surface area contributed by atoms with E-state index in [9.17, 15) is 38.4 Å². The number of esters is 2. The second kappa shape index (κ2) is 31.3. The molecule has 0 aliphatic carbocycles. The number of ether oxygens (including phenoxy) is 3. The number of hydrogen-bond donors (Lipinski definition) is 7. The summed E-state index contributed by atoms with van der Waals surface area (Å²) in [6.45, 7) is 10.3. The van der Waals surface area contributed by atoms with Crippen LogP contribution in [-0.4, -0.2) is 102 Å². The molecule has 0 saturated heterocycles. The third-order valence-electron chi connectivity index (χ3n) is 12.2. The minimum atomic E-state index is -1.67. The van der Waals surface area contributed by atoms with Crippen molar-refractivity contribution in [3.63, 3.8) is 0 Å².